The van der Waals surface area contributed by atoms with Gasteiger partial charge in [0.05, 0.1) is 16.0 Å². The normalized spacial score (nSPS) is 15.1. The third-order valence-corrected chi connectivity index (χ3v) is 8.02. The number of thiophene rings is 1. The minimum atomic E-state index is -4.43. The molecule has 0 spiro atoms. The average Bonchev–Trinajstić information content (AvgIpc) is 3.57. The molecule has 178 valence electrons. The smallest absolute Gasteiger partial charge is 0.288 e. The van der Waals surface area contributed by atoms with Crippen molar-refractivity contribution >= 4 is 38.9 Å². The van der Waals surface area contributed by atoms with Gasteiger partial charge in [0, 0.05) is 26.2 Å². The van der Waals surface area contributed by atoms with Crippen LogP contribution in [0.2, 0.25) is 0 Å². The standard InChI is InChI=1S/C22H20FN3O6S2/c23-15-5-7-16(8-6-15)34(30,31)20(24-19(27)17-3-1-13-32-17)22(29)26-11-9-25(10-12-26)21(28)18-4-2-14-33-18/h1-8,13-14,20H,9-12H2,(H,24,27). The van der Waals surface area contributed by atoms with Crippen LogP contribution in [0.15, 0.2) is 69.5 Å². The van der Waals surface area contributed by atoms with Crippen molar-refractivity contribution in [1.29, 1.82) is 0 Å². The molecule has 1 N–H and O–H groups in total. The number of hydrogen-bond donors (Lipinski definition) is 1. The fourth-order valence-electron chi connectivity index (χ4n) is 3.48. The van der Waals surface area contributed by atoms with Crippen LogP contribution in [-0.4, -0.2) is 67.5 Å². The molecule has 1 aliphatic heterocycles. The first kappa shape index (κ1) is 23.6. The van der Waals surface area contributed by atoms with E-state index in [0.29, 0.717) is 4.88 Å². The first-order valence-corrected chi connectivity index (χ1v) is 12.7. The van der Waals surface area contributed by atoms with E-state index in [-0.39, 0.29) is 42.7 Å². The summed E-state index contributed by atoms with van der Waals surface area (Å²) in [5.41, 5.74) is 0. The number of nitrogens with one attached hydrogen (secondary N) is 1. The zero-order valence-corrected chi connectivity index (χ0v) is 19.4. The number of carbonyl (C=O) groups is 3. The highest BCUT2D eigenvalue weighted by molar-refractivity contribution is 7.92. The first-order valence-electron chi connectivity index (χ1n) is 10.2. The van der Waals surface area contributed by atoms with E-state index in [1.165, 1.54) is 34.6 Å². The first-order chi connectivity index (χ1) is 16.3. The molecule has 3 heterocycles. The second-order valence-electron chi connectivity index (χ2n) is 7.42. The number of sulfone groups is 1. The lowest BCUT2D eigenvalue weighted by atomic mass is 10.3. The topological polar surface area (TPSA) is 117 Å². The van der Waals surface area contributed by atoms with Crippen molar-refractivity contribution in [2.75, 3.05) is 26.2 Å². The summed E-state index contributed by atoms with van der Waals surface area (Å²) < 4.78 is 44.9. The van der Waals surface area contributed by atoms with E-state index in [4.69, 9.17) is 4.42 Å². The van der Waals surface area contributed by atoms with Crippen LogP contribution < -0.4 is 5.32 Å². The van der Waals surface area contributed by atoms with Gasteiger partial charge in [0.1, 0.15) is 5.82 Å². The molecule has 1 fully saturated rings. The van der Waals surface area contributed by atoms with Crippen molar-refractivity contribution < 1.29 is 31.6 Å². The molecule has 3 aromatic rings. The molecule has 12 heteroatoms. The van der Waals surface area contributed by atoms with Gasteiger partial charge in [0.2, 0.25) is 15.2 Å². The molecule has 2 aromatic heterocycles. The van der Waals surface area contributed by atoms with Gasteiger partial charge in [-0.15, -0.1) is 11.3 Å². The van der Waals surface area contributed by atoms with E-state index >= 15 is 0 Å². The lowest BCUT2D eigenvalue weighted by molar-refractivity contribution is -0.132. The van der Waals surface area contributed by atoms with Crippen LogP contribution in [0.3, 0.4) is 0 Å². The highest BCUT2D eigenvalue weighted by atomic mass is 32.2. The maximum Gasteiger partial charge on any atom is 0.288 e. The Morgan fingerprint density at radius 2 is 1.65 bits per heavy atom. The number of amides is 3. The molecule has 4 rings (SSSR count). The van der Waals surface area contributed by atoms with Gasteiger partial charge in [-0.2, -0.15) is 0 Å². The Morgan fingerprint density at radius 3 is 2.24 bits per heavy atom. The van der Waals surface area contributed by atoms with E-state index in [9.17, 15) is 27.2 Å². The van der Waals surface area contributed by atoms with E-state index in [1.54, 1.807) is 22.4 Å². The summed E-state index contributed by atoms with van der Waals surface area (Å²) in [6.07, 6.45) is 1.24. The number of piperazine rings is 1. The van der Waals surface area contributed by atoms with Gasteiger partial charge in [-0.1, -0.05) is 6.07 Å². The molecule has 3 amide bonds. The highest BCUT2D eigenvalue weighted by Crippen LogP contribution is 2.20. The Labute approximate surface area is 198 Å². The zero-order chi connectivity index (χ0) is 24.3. The fraction of sp³-hybridized carbons (Fsp3) is 0.227. The molecule has 0 radical (unpaired) electrons. The number of hydrogen-bond acceptors (Lipinski definition) is 7. The Hall–Kier alpha value is -3.51. The van der Waals surface area contributed by atoms with Crippen LogP contribution in [0.4, 0.5) is 4.39 Å². The Morgan fingerprint density at radius 1 is 0.971 bits per heavy atom. The van der Waals surface area contributed by atoms with Gasteiger partial charge in [-0.25, -0.2) is 12.8 Å². The third-order valence-electron chi connectivity index (χ3n) is 5.29. The Kier molecular flexibility index (Phi) is 6.80. The summed E-state index contributed by atoms with van der Waals surface area (Å²) in [7, 11) is -4.43. The van der Waals surface area contributed by atoms with Crippen LogP contribution in [0.25, 0.3) is 0 Å². The molecule has 34 heavy (non-hydrogen) atoms. The Bertz CT molecular complexity index is 1270. The van der Waals surface area contributed by atoms with Gasteiger partial charge in [0.25, 0.3) is 17.7 Å². The maximum atomic E-state index is 13.3. The quantitative estimate of drug-likeness (QED) is 0.512. The van der Waals surface area contributed by atoms with Gasteiger partial charge >= 0.3 is 0 Å². The largest absolute Gasteiger partial charge is 0.459 e. The molecule has 1 aliphatic rings. The monoisotopic (exact) mass is 505 g/mol. The molecular formula is C22H20FN3O6S2. The van der Waals surface area contributed by atoms with E-state index in [1.807, 2.05) is 0 Å². The molecule has 1 atom stereocenters. The maximum absolute atomic E-state index is 13.3. The summed E-state index contributed by atoms with van der Waals surface area (Å²) in [5.74, 6) is -2.72. The second-order valence-corrected chi connectivity index (χ2v) is 10.4. The van der Waals surface area contributed by atoms with Crippen molar-refractivity contribution in [3.05, 3.63) is 76.6 Å². The molecule has 9 nitrogen and oxygen atoms in total. The number of rotatable bonds is 6. The lowest BCUT2D eigenvalue weighted by Crippen LogP contribution is -2.57. The van der Waals surface area contributed by atoms with Crippen LogP contribution in [0.1, 0.15) is 20.2 Å². The third kappa shape index (κ3) is 4.87. The molecule has 0 aliphatic carbocycles. The molecule has 1 unspecified atom stereocenters. The van der Waals surface area contributed by atoms with E-state index in [2.05, 4.69) is 5.32 Å². The summed E-state index contributed by atoms with van der Waals surface area (Å²) >= 11 is 1.31. The summed E-state index contributed by atoms with van der Waals surface area (Å²) in [4.78, 5) is 41.6. The predicted molar refractivity (Wildman–Crippen MR) is 120 cm³/mol. The number of halogens is 1. The minimum absolute atomic E-state index is 0.0853. The van der Waals surface area contributed by atoms with E-state index in [0.717, 1.165) is 24.3 Å². The average molecular weight is 506 g/mol. The highest BCUT2D eigenvalue weighted by Gasteiger charge is 2.40. The number of nitrogens with zero attached hydrogens (tertiary/aromatic N) is 2. The van der Waals surface area contributed by atoms with E-state index < -0.39 is 32.8 Å². The SMILES string of the molecule is O=C(NC(C(=O)N1CCN(C(=O)c2cccs2)CC1)S(=O)(=O)c1ccc(F)cc1)c1ccco1. The summed E-state index contributed by atoms with van der Waals surface area (Å²) in [6, 6.07) is 10.2. The lowest BCUT2D eigenvalue weighted by Gasteiger charge is -2.36. The van der Waals surface area contributed by atoms with Crippen molar-refractivity contribution in [3.63, 3.8) is 0 Å². The molecule has 1 saturated heterocycles. The van der Waals surface area contributed by atoms with Gasteiger partial charge in [0.15, 0.2) is 5.76 Å². The molecule has 1 aromatic carbocycles. The van der Waals surface area contributed by atoms with Crippen LogP contribution >= 0.6 is 11.3 Å². The minimum Gasteiger partial charge on any atom is -0.459 e. The molecule has 0 saturated carbocycles. The van der Waals surface area contributed by atoms with Crippen LogP contribution in [-0.2, 0) is 14.6 Å². The number of benzene rings is 1. The van der Waals surface area contributed by atoms with Crippen molar-refractivity contribution in [2.45, 2.75) is 10.3 Å². The van der Waals surface area contributed by atoms with Crippen LogP contribution in [0.5, 0.6) is 0 Å². The van der Waals surface area contributed by atoms with Crippen LogP contribution in [0, 0.1) is 5.82 Å². The van der Waals surface area contributed by atoms with Crippen molar-refractivity contribution in [1.82, 2.24) is 15.1 Å². The number of carbonyl (C=O) groups excluding carboxylic acids is 3. The summed E-state index contributed by atoms with van der Waals surface area (Å²) in [6.45, 7) is 0.583. The fourth-order valence-corrected chi connectivity index (χ4v) is 5.64. The Balaban J connectivity index is 1.55. The predicted octanol–water partition coefficient (Wildman–Crippen LogP) is 1.99. The van der Waals surface area contributed by atoms with Crippen molar-refractivity contribution in [2.24, 2.45) is 0 Å². The molecule has 0 bridgehead atoms. The van der Waals surface area contributed by atoms with Gasteiger partial charge in [-0.05, 0) is 47.8 Å². The van der Waals surface area contributed by atoms with Gasteiger partial charge in [-0.3, -0.25) is 14.4 Å². The van der Waals surface area contributed by atoms with Gasteiger partial charge < -0.3 is 19.5 Å². The summed E-state index contributed by atoms with van der Waals surface area (Å²) in [5, 5.41) is 2.07. The zero-order valence-electron chi connectivity index (χ0n) is 17.7. The second kappa shape index (κ2) is 9.77. The number of furan rings is 1. The molecular weight excluding hydrogens is 485 g/mol. The van der Waals surface area contributed by atoms with Crippen molar-refractivity contribution in [3.8, 4) is 0 Å².